The minimum absolute atomic E-state index is 0.00780. The summed E-state index contributed by atoms with van der Waals surface area (Å²) in [6.07, 6.45) is 8.36. The highest BCUT2D eigenvalue weighted by atomic mass is 19.1. The van der Waals surface area contributed by atoms with Crippen molar-refractivity contribution in [2.24, 2.45) is 11.8 Å². The van der Waals surface area contributed by atoms with Crippen LogP contribution < -0.4 is 5.32 Å². The van der Waals surface area contributed by atoms with Gasteiger partial charge in [-0.05, 0) is 57.4 Å². The number of nitrogens with one attached hydrogen (secondary N) is 1. The standard InChI is InChI=1S/C24H37FN4O3/c1-5-15(2)11-26-20-8-16(3)29(23(30)31-4)21(20)14-32-19-6-7-24(10-17(24)9-19)22-27-12-18(25)13-28-22/h12-13,15-17,19-21,26H,5-11,14H2,1-4H3/t15?,16-,17-,19+,20+,21+,24-/m1/s1. The van der Waals surface area contributed by atoms with Gasteiger partial charge < -0.3 is 14.8 Å². The van der Waals surface area contributed by atoms with Crippen molar-refractivity contribution in [1.29, 1.82) is 0 Å². The molecular formula is C24H37FN4O3. The second-order valence-electron chi connectivity index (χ2n) is 10.1. The Bertz CT molecular complexity index is 794. The van der Waals surface area contributed by atoms with Crippen molar-refractivity contribution >= 4 is 6.09 Å². The van der Waals surface area contributed by atoms with Crippen LogP contribution in [0.5, 0.6) is 0 Å². The molecule has 0 aromatic carbocycles. The third-order valence-electron chi connectivity index (χ3n) is 7.96. The number of amides is 1. The van der Waals surface area contributed by atoms with Gasteiger partial charge in [-0.25, -0.2) is 19.2 Å². The van der Waals surface area contributed by atoms with Crippen LogP contribution in [0.25, 0.3) is 0 Å². The van der Waals surface area contributed by atoms with Crippen molar-refractivity contribution in [2.45, 2.75) is 88.9 Å². The highest BCUT2D eigenvalue weighted by Gasteiger charge is 2.60. The SMILES string of the molecule is CCC(C)CN[C@H]1C[C@@H](C)N(C(=O)OC)[C@H]1CO[C@H]1CC[C@@]2(c3ncc(F)cn3)C[C@H]2C1. The van der Waals surface area contributed by atoms with E-state index in [4.69, 9.17) is 9.47 Å². The Labute approximate surface area is 190 Å². The fourth-order valence-corrected chi connectivity index (χ4v) is 5.68. The van der Waals surface area contributed by atoms with Gasteiger partial charge in [-0.15, -0.1) is 0 Å². The molecule has 2 heterocycles. The summed E-state index contributed by atoms with van der Waals surface area (Å²) in [5.74, 6) is 1.47. The molecule has 1 saturated heterocycles. The van der Waals surface area contributed by atoms with Gasteiger partial charge >= 0.3 is 6.09 Å². The second-order valence-corrected chi connectivity index (χ2v) is 10.1. The average Bonchev–Trinajstić information content (AvgIpc) is 3.45. The lowest BCUT2D eigenvalue weighted by Gasteiger charge is -2.33. The van der Waals surface area contributed by atoms with E-state index in [1.807, 2.05) is 4.90 Å². The van der Waals surface area contributed by atoms with Gasteiger partial charge in [0.25, 0.3) is 0 Å². The monoisotopic (exact) mass is 448 g/mol. The minimum atomic E-state index is -0.392. The van der Waals surface area contributed by atoms with E-state index in [9.17, 15) is 9.18 Å². The number of nitrogens with zero attached hydrogens (tertiary/aromatic N) is 3. The van der Waals surface area contributed by atoms with Crippen LogP contribution in [-0.2, 0) is 14.9 Å². The molecule has 1 unspecified atom stereocenters. The first-order valence-electron chi connectivity index (χ1n) is 12.1. The maximum absolute atomic E-state index is 13.2. The van der Waals surface area contributed by atoms with Crippen LogP contribution in [0.1, 0.15) is 65.1 Å². The lowest BCUT2D eigenvalue weighted by Crippen LogP contribution is -2.50. The Morgan fingerprint density at radius 2 is 2.12 bits per heavy atom. The van der Waals surface area contributed by atoms with Crippen LogP contribution in [0.15, 0.2) is 12.4 Å². The zero-order valence-corrected chi connectivity index (χ0v) is 19.7. The number of carbonyl (C=O) groups excluding carboxylic acids is 1. The van der Waals surface area contributed by atoms with E-state index in [2.05, 4.69) is 36.1 Å². The van der Waals surface area contributed by atoms with Crippen molar-refractivity contribution in [2.75, 3.05) is 20.3 Å². The van der Waals surface area contributed by atoms with Gasteiger partial charge in [0.1, 0.15) is 5.82 Å². The van der Waals surface area contributed by atoms with Gasteiger partial charge in [0.15, 0.2) is 5.82 Å². The van der Waals surface area contributed by atoms with Crippen LogP contribution >= 0.6 is 0 Å². The number of carbonyl (C=O) groups is 1. The molecule has 1 aromatic heterocycles. The van der Waals surface area contributed by atoms with Crippen molar-refractivity contribution in [3.8, 4) is 0 Å². The molecule has 2 saturated carbocycles. The molecule has 7 nitrogen and oxygen atoms in total. The molecular weight excluding hydrogens is 411 g/mol. The number of aromatic nitrogens is 2. The quantitative estimate of drug-likeness (QED) is 0.654. The number of fused-ring (bicyclic) bond motifs is 1. The van der Waals surface area contributed by atoms with Crippen LogP contribution in [0.4, 0.5) is 9.18 Å². The summed E-state index contributed by atoms with van der Waals surface area (Å²) in [7, 11) is 1.44. The predicted octanol–water partition coefficient (Wildman–Crippen LogP) is 3.68. The summed E-state index contributed by atoms with van der Waals surface area (Å²) in [6.45, 7) is 7.96. The van der Waals surface area contributed by atoms with Crippen LogP contribution in [0.2, 0.25) is 0 Å². The third-order valence-corrected chi connectivity index (χ3v) is 7.96. The zero-order chi connectivity index (χ0) is 22.9. The number of rotatable bonds is 8. The van der Waals surface area contributed by atoms with Gasteiger partial charge in [-0.3, -0.25) is 4.90 Å². The van der Waals surface area contributed by atoms with E-state index in [-0.39, 0.29) is 35.7 Å². The van der Waals surface area contributed by atoms with Crippen molar-refractivity contribution in [3.05, 3.63) is 24.0 Å². The van der Waals surface area contributed by atoms with Crippen LogP contribution in [0, 0.1) is 17.7 Å². The Hall–Kier alpha value is -1.80. The van der Waals surface area contributed by atoms with Crippen molar-refractivity contribution in [1.82, 2.24) is 20.2 Å². The normalized spacial score (nSPS) is 34.8. The molecule has 0 bridgehead atoms. The van der Waals surface area contributed by atoms with E-state index in [0.717, 1.165) is 50.9 Å². The second kappa shape index (κ2) is 9.59. The smallest absolute Gasteiger partial charge is 0.410 e. The molecule has 1 aromatic rings. The van der Waals surface area contributed by atoms with Gasteiger partial charge in [-0.2, -0.15) is 0 Å². The lowest BCUT2D eigenvalue weighted by molar-refractivity contribution is -0.0114. The molecule has 3 fully saturated rings. The highest BCUT2D eigenvalue weighted by molar-refractivity contribution is 5.69. The molecule has 8 heteroatoms. The van der Waals surface area contributed by atoms with Gasteiger partial charge in [-0.1, -0.05) is 20.3 Å². The third kappa shape index (κ3) is 4.62. The number of halogens is 1. The van der Waals surface area contributed by atoms with E-state index in [1.54, 1.807) is 0 Å². The van der Waals surface area contributed by atoms with E-state index in [0.29, 0.717) is 18.4 Å². The molecule has 0 radical (unpaired) electrons. The van der Waals surface area contributed by atoms with E-state index < -0.39 is 5.82 Å². The minimum Gasteiger partial charge on any atom is -0.453 e. The zero-order valence-electron chi connectivity index (χ0n) is 19.7. The van der Waals surface area contributed by atoms with Crippen molar-refractivity contribution < 1.29 is 18.7 Å². The summed E-state index contributed by atoms with van der Waals surface area (Å²) in [6, 6.07) is 0.283. The van der Waals surface area contributed by atoms with Crippen LogP contribution in [0.3, 0.4) is 0 Å². The van der Waals surface area contributed by atoms with Crippen LogP contribution in [-0.4, -0.2) is 65.5 Å². The molecule has 7 atom stereocenters. The van der Waals surface area contributed by atoms with Gasteiger partial charge in [0, 0.05) is 17.5 Å². The number of likely N-dealkylation sites (tertiary alicyclic amines) is 1. The fraction of sp³-hybridized carbons (Fsp3) is 0.792. The molecule has 0 spiro atoms. The molecule has 4 rings (SSSR count). The number of hydrogen-bond donors (Lipinski definition) is 1. The number of ether oxygens (including phenoxy) is 2. The largest absolute Gasteiger partial charge is 0.453 e. The number of methoxy groups -OCH3 is 1. The lowest BCUT2D eigenvalue weighted by atomic mass is 9.86. The summed E-state index contributed by atoms with van der Waals surface area (Å²) in [5, 5.41) is 3.68. The predicted molar refractivity (Wildman–Crippen MR) is 119 cm³/mol. The topological polar surface area (TPSA) is 76.6 Å². The average molecular weight is 449 g/mol. The maximum Gasteiger partial charge on any atom is 0.410 e. The van der Waals surface area contributed by atoms with Crippen molar-refractivity contribution in [3.63, 3.8) is 0 Å². The van der Waals surface area contributed by atoms with E-state index in [1.165, 1.54) is 19.5 Å². The Morgan fingerprint density at radius 3 is 2.78 bits per heavy atom. The molecule has 178 valence electrons. The first-order valence-corrected chi connectivity index (χ1v) is 12.1. The Balaban J connectivity index is 1.35. The fourth-order valence-electron chi connectivity index (χ4n) is 5.68. The highest BCUT2D eigenvalue weighted by Crippen LogP contribution is 2.61. The first-order chi connectivity index (χ1) is 15.4. The summed E-state index contributed by atoms with van der Waals surface area (Å²) >= 11 is 0. The molecule has 2 aliphatic carbocycles. The molecule has 1 amide bonds. The van der Waals surface area contributed by atoms with E-state index >= 15 is 0 Å². The first kappa shape index (κ1) is 23.4. The molecule has 1 N–H and O–H groups in total. The maximum atomic E-state index is 13.2. The molecule has 3 aliphatic rings. The molecule has 1 aliphatic heterocycles. The summed E-state index contributed by atoms with van der Waals surface area (Å²) in [5.41, 5.74) is 0.00780. The van der Waals surface area contributed by atoms with Gasteiger partial charge in [0.05, 0.1) is 38.3 Å². The summed E-state index contributed by atoms with van der Waals surface area (Å²) in [4.78, 5) is 22.8. The number of hydrogen-bond acceptors (Lipinski definition) is 6. The molecule has 32 heavy (non-hydrogen) atoms. The Morgan fingerprint density at radius 1 is 1.38 bits per heavy atom. The van der Waals surface area contributed by atoms with Gasteiger partial charge in [0.2, 0.25) is 0 Å². The summed E-state index contributed by atoms with van der Waals surface area (Å²) < 4.78 is 24.7. The Kier molecular flexibility index (Phi) is 7.00.